The minimum Gasteiger partial charge on any atom is -0.376 e. The summed E-state index contributed by atoms with van der Waals surface area (Å²) in [6, 6.07) is 12.7. The number of ether oxygens (including phenoxy) is 1. The number of nitrogens with one attached hydrogen (secondary N) is 1. The van der Waals surface area contributed by atoms with Crippen LogP contribution in [-0.2, 0) is 21.3 Å². The molecule has 26 heavy (non-hydrogen) atoms. The highest BCUT2D eigenvalue weighted by Crippen LogP contribution is 2.25. The highest BCUT2D eigenvalue weighted by molar-refractivity contribution is 7.93. The van der Waals surface area contributed by atoms with E-state index >= 15 is 0 Å². The van der Waals surface area contributed by atoms with E-state index in [1.807, 2.05) is 30.3 Å². The Labute approximate surface area is 152 Å². The standard InChI is InChI=1S/C19H21N3O3S/c23-26(24,19-10-5-7-15-6-1-2-9-18(15)19)21-16-12-20-22(13-16)14-17-8-3-4-11-25-17/h1-2,5-7,9-10,12-13,17,21H,3-4,8,11,14H2. The van der Waals surface area contributed by atoms with Crippen molar-refractivity contribution in [3.05, 3.63) is 54.9 Å². The van der Waals surface area contributed by atoms with Crippen LogP contribution in [0.4, 0.5) is 5.69 Å². The Kier molecular flexibility index (Phi) is 4.65. The van der Waals surface area contributed by atoms with Crippen molar-refractivity contribution in [1.29, 1.82) is 0 Å². The van der Waals surface area contributed by atoms with Gasteiger partial charge in [0.05, 0.1) is 29.4 Å². The fourth-order valence-corrected chi connectivity index (χ4v) is 4.58. The fraction of sp³-hybridized carbons (Fsp3) is 0.316. The first-order valence-corrected chi connectivity index (χ1v) is 10.2. The third kappa shape index (κ3) is 3.59. The summed E-state index contributed by atoms with van der Waals surface area (Å²) < 4.78 is 35.8. The Bertz CT molecular complexity index is 1000. The van der Waals surface area contributed by atoms with Gasteiger partial charge in [0.2, 0.25) is 0 Å². The van der Waals surface area contributed by atoms with Gasteiger partial charge in [-0.2, -0.15) is 5.10 Å². The second-order valence-corrected chi connectivity index (χ2v) is 8.17. The van der Waals surface area contributed by atoms with E-state index in [2.05, 4.69) is 9.82 Å². The molecule has 2 aromatic carbocycles. The lowest BCUT2D eigenvalue weighted by Gasteiger charge is -2.22. The summed E-state index contributed by atoms with van der Waals surface area (Å²) in [5.74, 6) is 0. The molecule has 136 valence electrons. The van der Waals surface area contributed by atoms with Gasteiger partial charge in [-0.1, -0.05) is 36.4 Å². The number of hydrogen-bond donors (Lipinski definition) is 1. The predicted octanol–water partition coefficient (Wildman–Crippen LogP) is 3.41. The maximum absolute atomic E-state index is 12.8. The van der Waals surface area contributed by atoms with Crippen LogP contribution in [0.25, 0.3) is 10.8 Å². The zero-order chi connectivity index (χ0) is 18.0. The van der Waals surface area contributed by atoms with Crippen molar-refractivity contribution in [3.63, 3.8) is 0 Å². The van der Waals surface area contributed by atoms with Gasteiger partial charge in [0.25, 0.3) is 10.0 Å². The van der Waals surface area contributed by atoms with Gasteiger partial charge in [-0.25, -0.2) is 8.42 Å². The molecule has 2 heterocycles. The minimum absolute atomic E-state index is 0.145. The molecule has 1 aliphatic rings. The van der Waals surface area contributed by atoms with Crippen molar-refractivity contribution in [2.75, 3.05) is 11.3 Å². The number of nitrogens with zero attached hydrogens (tertiary/aromatic N) is 2. The van der Waals surface area contributed by atoms with Gasteiger partial charge >= 0.3 is 0 Å². The first-order valence-electron chi connectivity index (χ1n) is 8.76. The van der Waals surface area contributed by atoms with Crippen molar-refractivity contribution in [1.82, 2.24) is 9.78 Å². The first-order chi connectivity index (χ1) is 12.6. The second-order valence-electron chi connectivity index (χ2n) is 6.52. The molecule has 7 heteroatoms. The van der Waals surface area contributed by atoms with Crippen LogP contribution in [0.1, 0.15) is 19.3 Å². The molecule has 0 spiro atoms. The molecular weight excluding hydrogens is 350 g/mol. The number of aromatic nitrogens is 2. The zero-order valence-electron chi connectivity index (χ0n) is 14.3. The summed E-state index contributed by atoms with van der Waals surface area (Å²) >= 11 is 0. The lowest BCUT2D eigenvalue weighted by molar-refractivity contribution is 0.00401. The minimum atomic E-state index is -3.69. The van der Waals surface area contributed by atoms with E-state index < -0.39 is 10.0 Å². The van der Waals surface area contributed by atoms with Crippen LogP contribution >= 0.6 is 0 Å². The van der Waals surface area contributed by atoms with Crippen molar-refractivity contribution >= 4 is 26.5 Å². The van der Waals surface area contributed by atoms with Gasteiger partial charge in [0.15, 0.2) is 0 Å². The van der Waals surface area contributed by atoms with E-state index in [1.165, 1.54) is 6.20 Å². The SMILES string of the molecule is O=S(=O)(Nc1cnn(CC2CCCCO2)c1)c1cccc2ccccc12. The summed E-state index contributed by atoms with van der Waals surface area (Å²) in [4.78, 5) is 0.263. The molecule has 3 aromatic rings. The normalized spacial score (nSPS) is 18.1. The van der Waals surface area contributed by atoms with Crippen molar-refractivity contribution < 1.29 is 13.2 Å². The highest BCUT2D eigenvalue weighted by atomic mass is 32.2. The molecule has 0 amide bonds. The summed E-state index contributed by atoms with van der Waals surface area (Å²) in [5, 5.41) is 5.85. The summed E-state index contributed by atoms with van der Waals surface area (Å²) in [6.45, 7) is 1.42. The second kappa shape index (κ2) is 7.09. The van der Waals surface area contributed by atoms with E-state index in [0.29, 0.717) is 17.6 Å². The molecule has 0 bridgehead atoms. The number of anilines is 1. The molecule has 0 saturated carbocycles. The third-order valence-corrected chi connectivity index (χ3v) is 6.03. The largest absolute Gasteiger partial charge is 0.376 e. The molecule has 1 unspecified atom stereocenters. The van der Waals surface area contributed by atoms with E-state index in [-0.39, 0.29) is 11.0 Å². The maximum atomic E-state index is 12.8. The molecule has 0 radical (unpaired) electrons. The highest BCUT2D eigenvalue weighted by Gasteiger charge is 2.19. The van der Waals surface area contributed by atoms with E-state index in [9.17, 15) is 8.42 Å². The van der Waals surface area contributed by atoms with Gasteiger partial charge in [-0.05, 0) is 30.7 Å². The van der Waals surface area contributed by atoms with Crippen LogP contribution in [0.15, 0.2) is 59.8 Å². The van der Waals surface area contributed by atoms with Crippen LogP contribution in [0.5, 0.6) is 0 Å². The summed E-state index contributed by atoms with van der Waals surface area (Å²) in [6.07, 6.45) is 6.66. The Hall–Kier alpha value is -2.38. The molecule has 1 N–H and O–H groups in total. The predicted molar refractivity (Wildman–Crippen MR) is 101 cm³/mol. The maximum Gasteiger partial charge on any atom is 0.262 e. The van der Waals surface area contributed by atoms with Crippen LogP contribution in [0, 0.1) is 0 Å². The molecule has 1 fully saturated rings. The Balaban J connectivity index is 1.54. The van der Waals surface area contributed by atoms with Gasteiger partial charge in [-0.3, -0.25) is 9.40 Å². The fourth-order valence-electron chi connectivity index (χ4n) is 3.32. The van der Waals surface area contributed by atoms with Crippen LogP contribution in [0.2, 0.25) is 0 Å². The topological polar surface area (TPSA) is 73.2 Å². The Morgan fingerprint density at radius 1 is 1.15 bits per heavy atom. The van der Waals surface area contributed by atoms with Crippen LogP contribution < -0.4 is 4.72 Å². The van der Waals surface area contributed by atoms with Gasteiger partial charge in [0, 0.05) is 18.2 Å². The van der Waals surface area contributed by atoms with Crippen molar-refractivity contribution in [2.24, 2.45) is 0 Å². The number of benzene rings is 2. The zero-order valence-corrected chi connectivity index (χ0v) is 15.2. The van der Waals surface area contributed by atoms with E-state index in [1.54, 1.807) is 23.0 Å². The van der Waals surface area contributed by atoms with Crippen molar-refractivity contribution in [2.45, 2.75) is 36.8 Å². The number of rotatable bonds is 5. The molecular formula is C19H21N3O3S. The summed E-state index contributed by atoms with van der Waals surface area (Å²) in [5.41, 5.74) is 0.453. The monoisotopic (exact) mass is 371 g/mol. The Morgan fingerprint density at radius 3 is 2.85 bits per heavy atom. The quantitative estimate of drug-likeness (QED) is 0.746. The molecule has 1 aliphatic heterocycles. The van der Waals surface area contributed by atoms with E-state index in [4.69, 9.17) is 4.74 Å². The number of sulfonamides is 1. The molecule has 4 rings (SSSR count). The summed E-state index contributed by atoms with van der Waals surface area (Å²) in [7, 11) is -3.69. The van der Waals surface area contributed by atoms with Crippen molar-refractivity contribution in [3.8, 4) is 0 Å². The van der Waals surface area contributed by atoms with Crippen LogP contribution in [-0.4, -0.2) is 30.9 Å². The van der Waals surface area contributed by atoms with Gasteiger partial charge < -0.3 is 4.74 Å². The van der Waals surface area contributed by atoms with Gasteiger partial charge in [-0.15, -0.1) is 0 Å². The average molecular weight is 371 g/mol. The molecule has 0 aliphatic carbocycles. The lowest BCUT2D eigenvalue weighted by Crippen LogP contribution is -2.24. The smallest absolute Gasteiger partial charge is 0.262 e. The average Bonchev–Trinajstić information content (AvgIpc) is 3.08. The molecule has 6 nitrogen and oxygen atoms in total. The number of hydrogen-bond acceptors (Lipinski definition) is 4. The molecule has 1 saturated heterocycles. The van der Waals surface area contributed by atoms with E-state index in [0.717, 1.165) is 31.3 Å². The first kappa shape index (κ1) is 17.1. The molecule has 1 aromatic heterocycles. The van der Waals surface area contributed by atoms with Gasteiger partial charge in [0.1, 0.15) is 0 Å². The molecule has 1 atom stereocenters. The van der Waals surface area contributed by atoms with Crippen LogP contribution in [0.3, 0.4) is 0 Å². The lowest BCUT2D eigenvalue weighted by atomic mass is 10.1. The third-order valence-electron chi connectivity index (χ3n) is 4.59. The number of fused-ring (bicyclic) bond motifs is 1. The Morgan fingerprint density at radius 2 is 2.00 bits per heavy atom.